The van der Waals surface area contributed by atoms with E-state index in [4.69, 9.17) is 4.74 Å². The third-order valence-corrected chi connectivity index (χ3v) is 1.54. The minimum Gasteiger partial charge on any atom is -0.367 e. The van der Waals surface area contributed by atoms with E-state index < -0.39 is 0 Å². The van der Waals surface area contributed by atoms with E-state index in [9.17, 15) is 4.39 Å². The number of hydrogen-bond donors (Lipinski definition) is 0. The van der Waals surface area contributed by atoms with Crippen LogP contribution in [0.2, 0.25) is 0 Å². The predicted molar refractivity (Wildman–Crippen MR) is 29.5 cm³/mol. The molecule has 1 unspecified atom stereocenters. The van der Waals surface area contributed by atoms with Gasteiger partial charge in [-0.25, -0.2) is 0 Å². The van der Waals surface area contributed by atoms with Crippen LogP contribution in [0.5, 0.6) is 0 Å². The fourth-order valence-corrected chi connectivity index (χ4v) is 0.838. The van der Waals surface area contributed by atoms with Crippen molar-refractivity contribution in [2.24, 2.45) is 0 Å². The van der Waals surface area contributed by atoms with Crippen LogP contribution in [0.15, 0.2) is 0 Å². The molecule has 0 spiro atoms. The first-order valence-electron chi connectivity index (χ1n) is 2.90. The highest BCUT2D eigenvalue weighted by molar-refractivity contribution is 4.94. The molecule has 8 heavy (non-hydrogen) atoms. The Balaban J connectivity index is 2.17. The molecule has 1 heterocycles. The molecule has 2 heteroatoms. The van der Waals surface area contributed by atoms with E-state index >= 15 is 0 Å². The van der Waals surface area contributed by atoms with E-state index in [0.717, 1.165) is 0 Å². The Morgan fingerprint density at radius 1 is 1.62 bits per heavy atom. The summed E-state index contributed by atoms with van der Waals surface area (Å²) in [7, 11) is 0. The maximum atomic E-state index is 11.5. The summed E-state index contributed by atoms with van der Waals surface area (Å²) in [6.07, 6.45) is 0.750. The van der Waals surface area contributed by atoms with Crippen LogP contribution in [-0.2, 0) is 4.74 Å². The van der Waals surface area contributed by atoms with Crippen molar-refractivity contribution in [2.45, 2.75) is 32.0 Å². The number of ether oxygens (including phenoxy) is 1. The fraction of sp³-hybridized carbons (Fsp3) is 1.00. The smallest absolute Gasteiger partial charge is 0.0920 e. The summed E-state index contributed by atoms with van der Waals surface area (Å²) >= 11 is 0. The van der Waals surface area contributed by atoms with Crippen LogP contribution >= 0.6 is 0 Å². The summed E-state index contributed by atoms with van der Waals surface area (Å²) < 4.78 is 16.7. The number of halogens is 1. The monoisotopic (exact) mass is 118 g/mol. The second-order valence-electron chi connectivity index (χ2n) is 2.69. The van der Waals surface area contributed by atoms with E-state index in [0.29, 0.717) is 6.42 Å². The zero-order chi connectivity index (χ0) is 6.20. The molecule has 0 bridgehead atoms. The topological polar surface area (TPSA) is 12.5 Å². The molecule has 1 aliphatic heterocycles. The van der Waals surface area contributed by atoms with Crippen molar-refractivity contribution in [3.8, 4) is 0 Å². The maximum Gasteiger partial charge on any atom is 0.0920 e. The van der Waals surface area contributed by atoms with Crippen molar-refractivity contribution in [1.29, 1.82) is 0 Å². The molecule has 1 fully saturated rings. The summed E-state index contributed by atoms with van der Waals surface area (Å²) in [6.45, 7) is 3.70. The zero-order valence-electron chi connectivity index (χ0n) is 5.28. The first kappa shape index (κ1) is 6.02. The maximum absolute atomic E-state index is 11.5. The van der Waals surface area contributed by atoms with Gasteiger partial charge in [0.1, 0.15) is 0 Å². The summed E-state index contributed by atoms with van der Waals surface area (Å²) in [6, 6.07) is 0. The van der Waals surface area contributed by atoms with E-state index in [1.807, 2.05) is 13.8 Å². The normalized spacial score (nSPS) is 32.6. The average molecular weight is 118 g/mol. The molecule has 0 aromatic rings. The molecule has 48 valence electrons. The number of epoxide rings is 1. The summed E-state index contributed by atoms with van der Waals surface area (Å²) in [5, 5.41) is 0. The van der Waals surface area contributed by atoms with E-state index in [2.05, 4.69) is 0 Å². The van der Waals surface area contributed by atoms with Gasteiger partial charge in [0, 0.05) is 6.42 Å². The Hall–Kier alpha value is -0.110. The lowest BCUT2D eigenvalue weighted by molar-refractivity contribution is 0.311. The van der Waals surface area contributed by atoms with E-state index in [1.165, 1.54) is 0 Å². The van der Waals surface area contributed by atoms with Crippen molar-refractivity contribution in [2.75, 3.05) is 6.67 Å². The Bertz CT molecular complexity index is 90.5. The van der Waals surface area contributed by atoms with Gasteiger partial charge in [0.2, 0.25) is 0 Å². The molecule has 1 saturated heterocycles. The van der Waals surface area contributed by atoms with Crippen molar-refractivity contribution < 1.29 is 9.13 Å². The van der Waals surface area contributed by atoms with Gasteiger partial charge >= 0.3 is 0 Å². The average Bonchev–Trinajstić information content (AvgIpc) is 2.15. The highest BCUT2D eigenvalue weighted by Crippen LogP contribution is 2.37. The van der Waals surface area contributed by atoms with Gasteiger partial charge in [0.25, 0.3) is 0 Å². The second-order valence-corrected chi connectivity index (χ2v) is 2.69. The van der Waals surface area contributed by atoms with Crippen molar-refractivity contribution >= 4 is 0 Å². The standard InChI is InChI=1S/C6H11FO/c1-6(2)5(8-6)3-4-7/h5H,3-4H2,1-2H3. The quantitative estimate of drug-likeness (QED) is 0.501. The van der Waals surface area contributed by atoms with Crippen LogP contribution in [0.25, 0.3) is 0 Å². The zero-order valence-corrected chi connectivity index (χ0v) is 5.28. The van der Waals surface area contributed by atoms with Crippen LogP contribution < -0.4 is 0 Å². The largest absolute Gasteiger partial charge is 0.367 e. The lowest BCUT2D eigenvalue weighted by Crippen LogP contribution is -2.02. The molecule has 0 aliphatic carbocycles. The van der Waals surface area contributed by atoms with Gasteiger partial charge in [-0.1, -0.05) is 0 Å². The van der Waals surface area contributed by atoms with Gasteiger partial charge in [-0.05, 0) is 13.8 Å². The van der Waals surface area contributed by atoms with E-state index in [1.54, 1.807) is 0 Å². The predicted octanol–water partition coefficient (Wildman–Crippen LogP) is 1.52. The van der Waals surface area contributed by atoms with Gasteiger partial charge in [0.05, 0.1) is 18.4 Å². The lowest BCUT2D eigenvalue weighted by atomic mass is 10.1. The highest BCUT2D eigenvalue weighted by Gasteiger charge is 2.46. The van der Waals surface area contributed by atoms with Crippen molar-refractivity contribution in [3.05, 3.63) is 0 Å². The highest BCUT2D eigenvalue weighted by atomic mass is 19.1. The Morgan fingerprint density at radius 2 is 2.12 bits per heavy atom. The third kappa shape index (κ3) is 0.996. The molecule has 1 nitrogen and oxygen atoms in total. The van der Waals surface area contributed by atoms with Gasteiger partial charge in [-0.3, -0.25) is 4.39 Å². The lowest BCUT2D eigenvalue weighted by Gasteiger charge is -1.89. The van der Waals surface area contributed by atoms with Gasteiger partial charge in [0.15, 0.2) is 0 Å². The molecule has 1 rings (SSSR count). The molecule has 0 radical (unpaired) electrons. The molecule has 1 atom stereocenters. The molecule has 0 aromatic heterocycles. The van der Waals surface area contributed by atoms with Crippen LogP contribution in [0.1, 0.15) is 20.3 Å². The molecular formula is C6H11FO. The minimum absolute atomic E-state index is 0.0217. The molecule has 0 aromatic carbocycles. The Labute approximate surface area is 48.8 Å². The van der Waals surface area contributed by atoms with Crippen molar-refractivity contribution in [1.82, 2.24) is 0 Å². The van der Waals surface area contributed by atoms with Crippen molar-refractivity contribution in [3.63, 3.8) is 0 Å². The molecule has 1 aliphatic rings. The van der Waals surface area contributed by atoms with Gasteiger partial charge in [-0.15, -0.1) is 0 Å². The fourth-order valence-electron chi connectivity index (χ4n) is 0.838. The first-order valence-corrected chi connectivity index (χ1v) is 2.90. The number of rotatable bonds is 2. The SMILES string of the molecule is CC1(C)OC1CCF. The van der Waals surface area contributed by atoms with Crippen LogP contribution in [0, 0.1) is 0 Å². The third-order valence-electron chi connectivity index (χ3n) is 1.54. The van der Waals surface area contributed by atoms with Crippen LogP contribution in [0.4, 0.5) is 4.39 Å². The van der Waals surface area contributed by atoms with Crippen LogP contribution in [-0.4, -0.2) is 18.4 Å². The van der Waals surface area contributed by atoms with E-state index in [-0.39, 0.29) is 18.4 Å². The second kappa shape index (κ2) is 1.69. The summed E-state index contributed by atoms with van der Waals surface area (Å²) in [5.74, 6) is 0. The first-order chi connectivity index (χ1) is 3.67. The van der Waals surface area contributed by atoms with Gasteiger partial charge in [-0.2, -0.15) is 0 Å². The minimum atomic E-state index is -0.256. The summed E-state index contributed by atoms with van der Waals surface area (Å²) in [5.41, 5.74) is -0.0217. The molecule has 0 amide bonds. The Morgan fingerprint density at radius 3 is 2.25 bits per heavy atom. The summed E-state index contributed by atoms with van der Waals surface area (Å²) in [4.78, 5) is 0. The van der Waals surface area contributed by atoms with Gasteiger partial charge < -0.3 is 4.74 Å². The molecule has 0 N–H and O–H groups in total. The van der Waals surface area contributed by atoms with Crippen LogP contribution in [0.3, 0.4) is 0 Å². The number of alkyl halides is 1. The number of hydrogen-bond acceptors (Lipinski definition) is 1. The Kier molecular flexibility index (Phi) is 1.27. The molecular weight excluding hydrogens is 107 g/mol. The molecule has 0 saturated carbocycles.